The Morgan fingerprint density at radius 1 is 1.15 bits per heavy atom. The van der Waals surface area contributed by atoms with Crippen molar-refractivity contribution in [2.45, 2.75) is 12.8 Å². The summed E-state index contributed by atoms with van der Waals surface area (Å²) in [5.74, 6) is 1.28. The predicted molar refractivity (Wildman–Crippen MR) is 103 cm³/mol. The van der Waals surface area contributed by atoms with E-state index in [1.807, 2.05) is 53.9 Å². The van der Waals surface area contributed by atoms with Crippen LogP contribution in [0.5, 0.6) is 5.75 Å². The van der Waals surface area contributed by atoms with Crippen LogP contribution in [0.1, 0.15) is 11.3 Å². The zero-order valence-electron chi connectivity index (χ0n) is 14.4. The highest BCUT2D eigenvalue weighted by Gasteiger charge is 2.20. The SMILES string of the molecule is O=C(Cc1csc(-c2ccccc2)n1)NCC1COc2ccccc2C1. The Bertz CT molecular complexity index is 892. The van der Waals surface area contributed by atoms with Crippen molar-refractivity contribution in [1.82, 2.24) is 10.3 Å². The van der Waals surface area contributed by atoms with Crippen molar-refractivity contribution in [3.8, 4) is 16.3 Å². The van der Waals surface area contributed by atoms with Gasteiger partial charge in [-0.15, -0.1) is 11.3 Å². The van der Waals surface area contributed by atoms with Crippen molar-refractivity contribution in [3.05, 3.63) is 71.2 Å². The molecule has 0 saturated heterocycles. The number of ether oxygens (including phenoxy) is 1. The summed E-state index contributed by atoms with van der Waals surface area (Å²) in [6, 6.07) is 18.1. The number of thiazole rings is 1. The second-order valence-electron chi connectivity index (χ2n) is 6.48. The third kappa shape index (κ3) is 3.94. The van der Waals surface area contributed by atoms with Gasteiger partial charge in [0.15, 0.2) is 0 Å². The standard InChI is InChI=1S/C21H20N2O2S/c24-20(11-18-14-26-21(23-18)16-6-2-1-3-7-16)22-12-15-10-17-8-4-5-9-19(17)25-13-15/h1-9,14-15H,10-13H2,(H,22,24). The molecular formula is C21H20N2O2S. The number of amides is 1. The molecule has 2 heterocycles. The third-order valence-electron chi connectivity index (χ3n) is 4.46. The molecule has 4 rings (SSSR count). The summed E-state index contributed by atoms with van der Waals surface area (Å²) in [7, 11) is 0. The summed E-state index contributed by atoms with van der Waals surface area (Å²) >= 11 is 1.57. The van der Waals surface area contributed by atoms with Crippen LogP contribution < -0.4 is 10.1 Å². The van der Waals surface area contributed by atoms with Crippen molar-refractivity contribution >= 4 is 17.2 Å². The predicted octanol–water partition coefficient (Wildman–Crippen LogP) is 3.72. The van der Waals surface area contributed by atoms with Gasteiger partial charge in [0, 0.05) is 23.4 Å². The third-order valence-corrected chi connectivity index (χ3v) is 5.40. The second kappa shape index (κ2) is 7.70. The lowest BCUT2D eigenvalue weighted by Crippen LogP contribution is -2.35. The average molecular weight is 364 g/mol. The molecule has 0 fully saturated rings. The highest BCUT2D eigenvalue weighted by molar-refractivity contribution is 7.13. The highest BCUT2D eigenvalue weighted by atomic mass is 32.1. The van der Waals surface area contributed by atoms with Gasteiger partial charge in [-0.2, -0.15) is 0 Å². The fourth-order valence-electron chi connectivity index (χ4n) is 3.11. The number of hydrogen-bond acceptors (Lipinski definition) is 4. The Morgan fingerprint density at radius 2 is 1.96 bits per heavy atom. The minimum atomic E-state index is 0.00812. The molecule has 4 nitrogen and oxygen atoms in total. The highest BCUT2D eigenvalue weighted by Crippen LogP contribution is 2.26. The second-order valence-corrected chi connectivity index (χ2v) is 7.34. The maximum absolute atomic E-state index is 12.3. The Kier molecular flexibility index (Phi) is 4.97. The lowest BCUT2D eigenvalue weighted by atomic mass is 9.97. The van der Waals surface area contributed by atoms with Gasteiger partial charge in [0.25, 0.3) is 0 Å². The molecular weight excluding hydrogens is 344 g/mol. The monoisotopic (exact) mass is 364 g/mol. The van der Waals surface area contributed by atoms with E-state index >= 15 is 0 Å². The summed E-state index contributed by atoms with van der Waals surface area (Å²) < 4.78 is 5.78. The van der Waals surface area contributed by atoms with Gasteiger partial charge in [-0.05, 0) is 18.1 Å². The molecule has 5 heteroatoms. The van der Waals surface area contributed by atoms with Crippen LogP contribution in [0.2, 0.25) is 0 Å². The van der Waals surface area contributed by atoms with E-state index in [1.54, 1.807) is 11.3 Å². The molecule has 1 atom stereocenters. The summed E-state index contributed by atoms with van der Waals surface area (Å²) in [4.78, 5) is 16.8. The number of hydrogen-bond donors (Lipinski definition) is 1. The molecule has 0 radical (unpaired) electrons. The topological polar surface area (TPSA) is 51.2 Å². The maximum Gasteiger partial charge on any atom is 0.226 e. The van der Waals surface area contributed by atoms with Gasteiger partial charge in [-0.1, -0.05) is 48.5 Å². The normalized spacial score (nSPS) is 15.8. The van der Waals surface area contributed by atoms with Gasteiger partial charge >= 0.3 is 0 Å². The first-order valence-electron chi connectivity index (χ1n) is 8.75. The van der Waals surface area contributed by atoms with Crippen molar-refractivity contribution in [1.29, 1.82) is 0 Å². The lowest BCUT2D eigenvalue weighted by Gasteiger charge is -2.25. The Hall–Kier alpha value is -2.66. The van der Waals surface area contributed by atoms with Crippen molar-refractivity contribution in [2.75, 3.05) is 13.2 Å². The van der Waals surface area contributed by atoms with Crippen molar-refractivity contribution < 1.29 is 9.53 Å². The van der Waals surface area contributed by atoms with Crippen molar-refractivity contribution in [2.24, 2.45) is 5.92 Å². The lowest BCUT2D eigenvalue weighted by molar-refractivity contribution is -0.120. The molecule has 1 aliphatic heterocycles. The average Bonchev–Trinajstić information content (AvgIpc) is 3.15. The van der Waals surface area contributed by atoms with Gasteiger partial charge < -0.3 is 10.1 Å². The van der Waals surface area contributed by atoms with Gasteiger partial charge in [0.1, 0.15) is 10.8 Å². The largest absolute Gasteiger partial charge is 0.493 e. The molecule has 26 heavy (non-hydrogen) atoms. The number of carbonyl (C=O) groups excluding carboxylic acids is 1. The van der Waals surface area contributed by atoms with Crippen LogP contribution in [0.25, 0.3) is 10.6 Å². The Balaban J connectivity index is 1.29. The van der Waals surface area contributed by atoms with E-state index in [9.17, 15) is 4.79 Å². The molecule has 1 unspecified atom stereocenters. The van der Waals surface area contributed by atoms with E-state index in [-0.39, 0.29) is 5.91 Å². The number of nitrogens with one attached hydrogen (secondary N) is 1. The minimum Gasteiger partial charge on any atom is -0.493 e. The quantitative estimate of drug-likeness (QED) is 0.751. The van der Waals surface area contributed by atoms with E-state index in [2.05, 4.69) is 16.4 Å². The fourth-order valence-corrected chi connectivity index (χ4v) is 3.93. The number of nitrogens with zero attached hydrogens (tertiary/aromatic N) is 1. The Labute approximate surface area is 156 Å². The van der Waals surface area contributed by atoms with E-state index in [0.29, 0.717) is 25.5 Å². The zero-order chi connectivity index (χ0) is 17.8. The molecule has 2 aromatic carbocycles. The van der Waals surface area contributed by atoms with Crippen LogP contribution in [-0.2, 0) is 17.6 Å². The molecule has 1 aromatic heterocycles. The molecule has 1 amide bonds. The molecule has 132 valence electrons. The number of carbonyl (C=O) groups is 1. The van der Waals surface area contributed by atoms with E-state index in [4.69, 9.17) is 4.74 Å². The van der Waals surface area contributed by atoms with Gasteiger partial charge in [-0.25, -0.2) is 4.98 Å². The summed E-state index contributed by atoms with van der Waals surface area (Å²) in [5.41, 5.74) is 3.11. The number of rotatable bonds is 5. The van der Waals surface area contributed by atoms with E-state index < -0.39 is 0 Å². The Morgan fingerprint density at radius 3 is 2.85 bits per heavy atom. The molecule has 0 aliphatic carbocycles. The molecule has 0 spiro atoms. The number of aromatic nitrogens is 1. The number of fused-ring (bicyclic) bond motifs is 1. The van der Waals surface area contributed by atoms with Gasteiger partial charge in [0.2, 0.25) is 5.91 Å². The maximum atomic E-state index is 12.3. The van der Waals surface area contributed by atoms with Crippen molar-refractivity contribution in [3.63, 3.8) is 0 Å². The summed E-state index contributed by atoms with van der Waals surface area (Å²) in [6.45, 7) is 1.27. The van der Waals surface area contributed by atoms with Crippen LogP contribution in [0.3, 0.4) is 0 Å². The number of para-hydroxylation sites is 1. The minimum absolute atomic E-state index is 0.00812. The summed E-state index contributed by atoms with van der Waals surface area (Å²) in [5, 5.41) is 5.94. The van der Waals surface area contributed by atoms with E-state index in [0.717, 1.165) is 28.4 Å². The first-order valence-corrected chi connectivity index (χ1v) is 9.63. The smallest absolute Gasteiger partial charge is 0.226 e. The first-order chi connectivity index (χ1) is 12.8. The molecule has 0 saturated carbocycles. The molecule has 1 aliphatic rings. The van der Waals surface area contributed by atoms with Gasteiger partial charge in [0.05, 0.1) is 18.7 Å². The first kappa shape index (κ1) is 16.8. The number of benzene rings is 2. The van der Waals surface area contributed by atoms with Crippen LogP contribution in [-0.4, -0.2) is 24.0 Å². The van der Waals surface area contributed by atoms with Gasteiger partial charge in [-0.3, -0.25) is 4.79 Å². The van der Waals surface area contributed by atoms with E-state index in [1.165, 1.54) is 5.56 Å². The summed E-state index contributed by atoms with van der Waals surface area (Å²) in [6.07, 6.45) is 1.25. The molecule has 3 aromatic rings. The molecule has 1 N–H and O–H groups in total. The van der Waals surface area contributed by atoms with Crippen LogP contribution in [0.4, 0.5) is 0 Å². The van der Waals surface area contributed by atoms with Crippen LogP contribution in [0, 0.1) is 5.92 Å². The zero-order valence-corrected chi connectivity index (χ0v) is 15.2. The fraction of sp³-hybridized carbons (Fsp3) is 0.238. The van der Waals surface area contributed by atoms with Crippen LogP contribution >= 0.6 is 11.3 Å². The molecule has 0 bridgehead atoms. The van der Waals surface area contributed by atoms with Crippen LogP contribution in [0.15, 0.2) is 60.0 Å².